The van der Waals surface area contributed by atoms with Crippen molar-refractivity contribution >= 4 is 44.3 Å². The number of hydrogen-bond acceptors (Lipinski definition) is 7. The number of carbonyl (C=O) groups is 2. The van der Waals surface area contributed by atoms with Gasteiger partial charge in [-0.25, -0.2) is 13.2 Å². The van der Waals surface area contributed by atoms with Crippen molar-refractivity contribution in [2.24, 2.45) is 0 Å². The van der Waals surface area contributed by atoms with Gasteiger partial charge in [0.05, 0.1) is 16.9 Å². The highest BCUT2D eigenvalue weighted by Gasteiger charge is 2.29. The minimum atomic E-state index is -3.13. The molecule has 10 heteroatoms. The van der Waals surface area contributed by atoms with E-state index >= 15 is 0 Å². The van der Waals surface area contributed by atoms with Crippen molar-refractivity contribution in [1.82, 2.24) is 5.32 Å². The Morgan fingerprint density at radius 3 is 2.77 bits per heavy atom. The van der Waals surface area contributed by atoms with Gasteiger partial charge in [-0.3, -0.25) is 9.59 Å². The number of nitrogens with one attached hydrogen (secondary N) is 1. The first-order valence-electron chi connectivity index (χ1n) is 7.64. The maximum Gasteiger partial charge on any atom is 0.374 e. The molecule has 1 fully saturated rings. The Hall–Kier alpha value is -2.39. The average molecular weight is 400 g/mol. The van der Waals surface area contributed by atoms with Crippen molar-refractivity contribution in [3.63, 3.8) is 0 Å². The van der Waals surface area contributed by atoms with Crippen LogP contribution in [0.5, 0.6) is 0 Å². The van der Waals surface area contributed by atoms with Crippen LogP contribution in [0.2, 0.25) is 5.02 Å². The summed E-state index contributed by atoms with van der Waals surface area (Å²) in [5.41, 5.74) is -0.309. The van der Waals surface area contributed by atoms with E-state index in [1.807, 2.05) is 0 Å². The van der Waals surface area contributed by atoms with Crippen molar-refractivity contribution in [3.8, 4) is 0 Å². The molecule has 0 aliphatic carbocycles. The van der Waals surface area contributed by atoms with Crippen LogP contribution in [0, 0.1) is 0 Å². The predicted molar refractivity (Wildman–Crippen MR) is 93.0 cm³/mol. The van der Waals surface area contributed by atoms with Crippen LogP contribution in [0.3, 0.4) is 0 Å². The zero-order valence-corrected chi connectivity index (χ0v) is 14.9. The third-order valence-electron chi connectivity index (χ3n) is 3.82. The highest BCUT2D eigenvalue weighted by atomic mass is 35.5. The zero-order chi connectivity index (χ0) is 18.9. The summed E-state index contributed by atoms with van der Waals surface area (Å²) >= 11 is 5.81. The number of benzene rings is 1. The summed E-state index contributed by atoms with van der Waals surface area (Å²) in [6.07, 6.45) is 0.324. The first kappa shape index (κ1) is 18.4. The standard InChI is InChI=1S/C16H14ClNO7S/c17-9-1-2-13-11(5-9)12(19)6-14(25-13)16(21)24-7-15(20)18-10-3-4-26(22,23)8-10/h1-2,5-6,10H,3-4,7-8H2,(H,18,20)/t10-/m0/s1. The van der Waals surface area contributed by atoms with E-state index in [-0.39, 0.29) is 28.2 Å². The number of amides is 1. The quantitative estimate of drug-likeness (QED) is 0.758. The summed E-state index contributed by atoms with van der Waals surface area (Å²) in [6, 6.07) is 4.84. The molecule has 138 valence electrons. The van der Waals surface area contributed by atoms with Gasteiger partial charge >= 0.3 is 5.97 Å². The van der Waals surface area contributed by atoms with E-state index in [1.165, 1.54) is 18.2 Å². The van der Waals surface area contributed by atoms with E-state index in [0.29, 0.717) is 11.4 Å². The monoisotopic (exact) mass is 399 g/mol. The Kier molecular flexibility index (Phi) is 5.01. The average Bonchev–Trinajstić information content (AvgIpc) is 2.91. The second-order valence-electron chi connectivity index (χ2n) is 5.86. The first-order valence-corrected chi connectivity index (χ1v) is 9.84. The van der Waals surface area contributed by atoms with Gasteiger partial charge in [0.1, 0.15) is 5.58 Å². The summed E-state index contributed by atoms with van der Waals surface area (Å²) in [5.74, 6) is -2.07. The van der Waals surface area contributed by atoms with Crippen LogP contribution in [-0.2, 0) is 19.4 Å². The van der Waals surface area contributed by atoms with Crippen LogP contribution in [0.4, 0.5) is 0 Å². The van der Waals surface area contributed by atoms with Gasteiger partial charge in [0.15, 0.2) is 21.9 Å². The molecule has 0 saturated carbocycles. The topological polar surface area (TPSA) is 120 Å². The van der Waals surface area contributed by atoms with Gasteiger partial charge in [0.25, 0.3) is 5.91 Å². The first-order chi connectivity index (χ1) is 12.2. The van der Waals surface area contributed by atoms with Gasteiger partial charge < -0.3 is 14.5 Å². The van der Waals surface area contributed by atoms with Crippen LogP contribution < -0.4 is 10.7 Å². The van der Waals surface area contributed by atoms with Gasteiger partial charge in [0.2, 0.25) is 5.76 Å². The number of carbonyl (C=O) groups excluding carboxylic acids is 2. The largest absolute Gasteiger partial charge is 0.450 e. The molecular weight excluding hydrogens is 386 g/mol. The molecular formula is C16H14ClNO7S. The molecule has 1 aliphatic rings. The number of halogens is 1. The smallest absolute Gasteiger partial charge is 0.374 e. The summed E-state index contributed by atoms with van der Waals surface area (Å²) in [6.45, 7) is -0.613. The van der Waals surface area contributed by atoms with Crippen LogP contribution >= 0.6 is 11.6 Å². The van der Waals surface area contributed by atoms with Gasteiger partial charge in [-0.1, -0.05) is 11.6 Å². The van der Waals surface area contributed by atoms with Gasteiger partial charge in [-0.05, 0) is 24.6 Å². The fourth-order valence-electron chi connectivity index (χ4n) is 2.61. The highest BCUT2D eigenvalue weighted by molar-refractivity contribution is 7.91. The van der Waals surface area contributed by atoms with Crippen LogP contribution in [0.15, 0.2) is 33.5 Å². The molecule has 0 unspecified atom stereocenters. The van der Waals surface area contributed by atoms with Gasteiger partial charge in [-0.2, -0.15) is 0 Å². The van der Waals surface area contributed by atoms with E-state index in [9.17, 15) is 22.8 Å². The molecule has 2 heterocycles. The number of sulfone groups is 1. The molecule has 0 bridgehead atoms. The van der Waals surface area contributed by atoms with Gasteiger partial charge in [0, 0.05) is 17.1 Å². The summed E-state index contributed by atoms with van der Waals surface area (Å²) < 4.78 is 32.8. The number of esters is 1. The SMILES string of the molecule is O=C(COC(=O)c1cc(=O)c2cc(Cl)ccc2o1)N[C@H]1CCS(=O)(=O)C1. The maximum absolute atomic E-state index is 12.0. The third-order valence-corrected chi connectivity index (χ3v) is 5.83. The number of ether oxygens (including phenoxy) is 1. The Morgan fingerprint density at radius 2 is 2.08 bits per heavy atom. The van der Waals surface area contributed by atoms with E-state index in [4.69, 9.17) is 20.8 Å². The molecule has 0 spiro atoms. The minimum Gasteiger partial charge on any atom is -0.450 e. The molecule has 1 atom stereocenters. The lowest BCUT2D eigenvalue weighted by Crippen LogP contribution is -2.38. The van der Waals surface area contributed by atoms with Crippen LogP contribution in [0.1, 0.15) is 17.0 Å². The lowest BCUT2D eigenvalue weighted by atomic mass is 10.2. The minimum absolute atomic E-state index is 0.0179. The van der Waals surface area contributed by atoms with E-state index < -0.39 is 39.8 Å². The Bertz CT molecular complexity index is 1040. The normalized spacial score (nSPS) is 18.6. The number of fused-ring (bicyclic) bond motifs is 1. The Labute approximate surface area is 153 Å². The molecule has 8 nitrogen and oxygen atoms in total. The fourth-order valence-corrected chi connectivity index (χ4v) is 4.45. The fraction of sp³-hybridized carbons (Fsp3) is 0.312. The molecule has 1 aromatic carbocycles. The van der Waals surface area contributed by atoms with Crippen molar-refractivity contribution in [1.29, 1.82) is 0 Å². The van der Waals surface area contributed by atoms with Crippen LogP contribution in [0.25, 0.3) is 11.0 Å². The van der Waals surface area contributed by atoms with E-state index in [0.717, 1.165) is 6.07 Å². The molecule has 1 amide bonds. The Balaban J connectivity index is 1.63. The van der Waals surface area contributed by atoms with E-state index in [1.54, 1.807) is 0 Å². The second-order valence-corrected chi connectivity index (χ2v) is 8.52. The molecule has 1 aromatic heterocycles. The second kappa shape index (κ2) is 7.08. The van der Waals surface area contributed by atoms with Gasteiger partial charge in [-0.15, -0.1) is 0 Å². The lowest BCUT2D eigenvalue weighted by molar-refractivity contribution is -0.124. The van der Waals surface area contributed by atoms with Crippen molar-refractivity contribution in [3.05, 3.63) is 45.3 Å². The molecule has 1 saturated heterocycles. The number of rotatable bonds is 4. The molecule has 1 aliphatic heterocycles. The van der Waals surface area contributed by atoms with Crippen molar-refractivity contribution in [2.75, 3.05) is 18.1 Å². The maximum atomic E-state index is 12.0. The van der Waals surface area contributed by atoms with Crippen molar-refractivity contribution < 1.29 is 27.2 Å². The summed E-state index contributed by atoms with van der Waals surface area (Å²) in [4.78, 5) is 35.8. The van der Waals surface area contributed by atoms with Crippen molar-refractivity contribution in [2.45, 2.75) is 12.5 Å². The highest BCUT2D eigenvalue weighted by Crippen LogP contribution is 2.18. The zero-order valence-electron chi connectivity index (χ0n) is 13.4. The molecule has 26 heavy (non-hydrogen) atoms. The third kappa shape index (κ3) is 4.23. The van der Waals surface area contributed by atoms with E-state index in [2.05, 4.69) is 5.32 Å². The molecule has 1 N–H and O–H groups in total. The molecule has 2 aromatic rings. The number of hydrogen-bond donors (Lipinski definition) is 1. The summed E-state index contributed by atoms with van der Waals surface area (Å²) in [5, 5.41) is 3.06. The van der Waals surface area contributed by atoms with Crippen LogP contribution in [-0.4, -0.2) is 44.4 Å². The molecule has 0 radical (unpaired) electrons. The predicted octanol–water partition coefficient (Wildman–Crippen LogP) is 0.907. The Morgan fingerprint density at radius 1 is 1.31 bits per heavy atom. The lowest BCUT2D eigenvalue weighted by Gasteiger charge is -2.10. The molecule has 3 rings (SSSR count). The summed E-state index contributed by atoms with van der Waals surface area (Å²) in [7, 11) is -3.13.